The van der Waals surface area contributed by atoms with Crippen molar-refractivity contribution in [2.75, 3.05) is 6.54 Å². The molecule has 3 N–H and O–H groups in total. The summed E-state index contributed by atoms with van der Waals surface area (Å²) in [7, 11) is 0. The van der Waals surface area contributed by atoms with Gasteiger partial charge < -0.3 is 15.7 Å². The van der Waals surface area contributed by atoms with Crippen molar-refractivity contribution in [2.45, 2.75) is 57.0 Å². The van der Waals surface area contributed by atoms with Crippen molar-refractivity contribution in [3.05, 3.63) is 0 Å². The molecule has 5 heteroatoms. The standard InChI is InChI=1S/C14H22N2O3/c15-8-14(3-4-14)13(19)16-10-1-2-11(16)6-9(5-10)7-12(17)18/h9-11H,1-8,15H2,(H,17,18). The molecule has 106 valence electrons. The van der Waals surface area contributed by atoms with Crippen molar-refractivity contribution >= 4 is 11.9 Å². The minimum absolute atomic E-state index is 0.243. The Morgan fingerprint density at radius 2 is 1.79 bits per heavy atom. The summed E-state index contributed by atoms with van der Waals surface area (Å²) >= 11 is 0. The molecule has 2 saturated heterocycles. The van der Waals surface area contributed by atoms with E-state index < -0.39 is 5.97 Å². The molecular formula is C14H22N2O3. The third-order valence-corrected chi connectivity index (χ3v) is 5.23. The lowest BCUT2D eigenvalue weighted by molar-refractivity contribution is -0.143. The van der Waals surface area contributed by atoms with Gasteiger partial charge in [-0.2, -0.15) is 0 Å². The first kappa shape index (κ1) is 12.9. The molecule has 0 aromatic rings. The summed E-state index contributed by atoms with van der Waals surface area (Å²) < 4.78 is 0. The number of amides is 1. The lowest BCUT2D eigenvalue weighted by Gasteiger charge is -2.40. The van der Waals surface area contributed by atoms with E-state index >= 15 is 0 Å². The van der Waals surface area contributed by atoms with Gasteiger partial charge >= 0.3 is 5.97 Å². The molecule has 1 amide bonds. The number of carbonyl (C=O) groups excluding carboxylic acids is 1. The molecule has 2 aliphatic heterocycles. The molecule has 0 aromatic carbocycles. The van der Waals surface area contributed by atoms with Crippen LogP contribution in [0.25, 0.3) is 0 Å². The molecule has 0 aromatic heterocycles. The minimum atomic E-state index is -0.718. The van der Waals surface area contributed by atoms with Gasteiger partial charge in [-0.15, -0.1) is 0 Å². The SMILES string of the molecule is NCC1(C(=O)N2C3CCC2CC(CC(=O)O)C3)CC1. The third kappa shape index (κ3) is 2.14. The Balaban J connectivity index is 1.70. The Hall–Kier alpha value is -1.10. The normalized spacial score (nSPS) is 35.2. The van der Waals surface area contributed by atoms with E-state index in [1.54, 1.807) is 0 Å². The number of piperidine rings is 1. The quantitative estimate of drug-likeness (QED) is 0.794. The topological polar surface area (TPSA) is 83.6 Å². The number of hydrogen-bond donors (Lipinski definition) is 2. The predicted octanol–water partition coefficient (Wildman–Crippen LogP) is 0.970. The van der Waals surface area contributed by atoms with E-state index in [0.29, 0.717) is 6.54 Å². The molecular weight excluding hydrogens is 244 g/mol. The van der Waals surface area contributed by atoms with Crippen LogP contribution in [0.5, 0.6) is 0 Å². The van der Waals surface area contributed by atoms with Gasteiger partial charge in [0.25, 0.3) is 0 Å². The summed E-state index contributed by atoms with van der Waals surface area (Å²) in [5.74, 6) is -0.229. The number of hydrogen-bond acceptors (Lipinski definition) is 3. The summed E-state index contributed by atoms with van der Waals surface area (Å²) in [6, 6.07) is 0.527. The van der Waals surface area contributed by atoms with E-state index in [-0.39, 0.29) is 35.7 Å². The van der Waals surface area contributed by atoms with E-state index in [2.05, 4.69) is 4.90 Å². The molecule has 1 aliphatic carbocycles. The Morgan fingerprint density at radius 1 is 1.21 bits per heavy atom. The average molecular weight is 266 g/mol. The second-order valence-electron chi connectivity index (χ2n) is 6.52. The highest BCUT2D eigenvalue weighted by atomic mass is 16.4. The fourth-order valence-corrected chi connectivity index (χ4v) is 3.96. The Bertz CT molecular complexity index is 391. The fourth-order valence-electron chi connectivity index (χ4n) is 3.96. The molecule has 0 radical (unpaired) electrons. The van der Waals surface area contributed by atoms with Crippen LogP contribution in [-0.4, -0.2) is 40.5 Å². The molecule has 19 heavy (non-hydrogen) atoms. The van der Waals surface area contributed by atoms with Gasteiger partial charge in [-0.3, -0.25) is 9.59 Å². The lowest BCUT2D eigenvalue weighted by atomic mass is 9.87. The van der Waals surface area contributed by atoms with Crippen molar-refractivity contribution in [1.29, 1.82) is 0 Å². The van der Waals surface area contributed by atoms with Crippen LogP contribution in [0.1, 0.15) is 44.9 Å². The number of fused-ring (bicyclic) bond motifs is 2. The summed E-state index contributed by atoms with van der Waals surface area (Å²) in [4.78, 5) is 25.5. The highest BCUT2D eigenvalue weighted by Crippen LogP contribution is 2.50. The van der Waals surface area contributed by atoms with E-state index in [1.807, 2.05) is 0 Å². The molecule has 2 atom stereocenters. The molecule has 2 bridgehead atoms. The molecule has 3 aliphatic rings. The number of carboxylic acids is 1. The largest absolute Gasteiger partial charge is 0.481 e. The maximum atomic E-state index is 12.6. The first-order valence-corrected chi connectivity index (χ1v) is 7.30. The van der Waals surface area contributed by atoms with Crippen LogP contribution in [-0.2, 0) is 9.59 Å². The number of carboxylic acid groups (broad SMARTS) is 1. The molecule has 1 saturated carbocycles. The zero-order chi connectivity index (χ0) is 13.6. The summed E-state index contributed by atoms with van der Waals surface area (Å²) in [6.45, 7) is 0.459. The summed E-state index contributed by atoms with van der Waals surface area (Å²) in [5.41, 5.74) is 5.49. The highest BCUT2D eigenvalue weighted by Gasteiger charge is 2.55. The van der Waals surface area contributed by atoms with Gasteiger partial charge in [-0.05, 0) is 44.4 Å². The van der Waals surface area contributed by atoms with Crippen LogP contribution in [0.15, 0.2) is 0 Å². The van der Waals surface area contributed by atoms with Gasteiger partial charge in [0.15, 0.2) is 0 Å². The van der Waals surface area contributed by atoms with Crippen molar-refractivity contribution in [2.24, 2.45) is 17.1 Å². The van der Waals surface area contributed by atoms with Crippen LogP contribution in [0.2, 0.25) is 0 Å². The van der Waals surface area contributed by atoms with Gasteiger partial charge in [0, 0.05) is 25.0 Å². The molecule has 2 unspecified atom stereocenters. The van der Waals surface area contributed by atoms with E-state index in [9.17, 15) is 9.59 Å². The van der Waals surface area contributed by atoms with Crippen molar-refractivity contribution < 1.29 is 14.7 Å². The third-order valence-electron chi connectivity index (χ3n) is 5.23. The number of nitrogens with two attached hydrogens (primary N) is 1. The number of carbonyl (C=O) groups is 2. The molecule has 2 heterocycles. The van der Waals surface area contributed by atoms with Crippen LogP contribution < -0.4 is 5.73 Å². The van der Waals surface area contributed by atoms with Gasteiger partial charge in [0.1, 0.15) is 0 Å². The minimum Gasteiger partial charge on any atom is -0.481 e. The first-order valence-electron chi connectivity index (χ1n) is 7.30. The average Bonchev–Trinajstić information content (AvgIpc) is 3.10. The summed E-state index contributed by atoms with van der Waals surface area (Å²) in [6.07, 6.45) is 5.88. The number of nitrogens with zero attached hydrogens (tertiary/aromatic N) is 1. The first-order chi connectivity index (χ1) is 9.05. The number of aliphatic carboxylic acids is 1. The van der Waals surface area contributed by atoms with Crippen LogP contribution in [0, 0.1) is 11.3 Å². The fraction of sp³-hybridized carbons (Fsp3) is 0.857. The second kappa shape index (κ2) is 4.47. The van der Waals surface area contributed by atoms with Gasteiger partial charge in [0.05, 0.1) is 5.41 Å². The van der Waals surface area contributed by atoms with Crippen molar-refractivity contribution in [1.82, 2.24) is 4.90 Å². The number of rotatable bonds is 4. The van der Waals surface area contributed by atoms with Crippen LogP contribution in [0.3, 0.4) is 0 Å². The molecule has 3 rings (SSSR count). The van der Waals surface area contributed by atoms with Crippen molar-refractivity contribution in [3.8, 4) is 0 Å². The van der Waals surface area contributed by atoms with Crippen molar-refractivity contribution in [3.63, 3.8) is 0 Å². The molecule has 3 fully saturated rings. The Kier molecular flexibility index (Phi) is 3.04. The van der Waals surface area contributed by atoms with E-state index in [1.165, 1.54) is 0 Å². The van der Waals surface area contributed by atoms with Gasteiger partial charge in [0.2, 0.25) is 5.91 Å². The smallest absolute Gasteiger partial charge is 0.303 e. The Labute approximate surface area is 113 Å². The molecule has 0 spiro atoms. The predicted molar refractivity (Wildman–Crippen MR) is 69.4 cm³/mol. The Morgan fingerprint density at radius 3 is 2.21 bits per heavy atom. The van der Waals surface area contributed by atoms with Crippen LogP contribution >= 0.6 is 0 Å². The van der Waals surface area contributed by atoms with E-state index in [4.69, 9.17) is 10.8 Å². The highest BCUT2D eigenvalue weighted by molar-refractivity contribution is 5.86. The summed E-state index contributed by atoms with van der Waals surface area (Å²) in [5, 5.41) is 8.91. The van der Waals surface area contributed by atoms with Gasteiger partial charge in [-0.25, -0.2) is 0 Å². The zero-order valence-corrected chi connectivity index (χ0v) is 11.2. The van der Waals surface area contributed by atoms with Crippen LogP contribution in [0.4, 0.5) is 0 Å². The second-order valence-corrected chi connectivity index (χ2v) is 6.52. The maximum absolute atomic E-state index is 12.6. The molecule has 5 nitrogen and oxygen atoms in total. The zero-order valence-electron chi connectivity index (χ0n) is 11.2. The van der Waals surface area contributed by atoms with Gasteiger partial charge in [-0.1, -0.05) is 0 Å². The van der Waals surface area contributed by atoms with E-state index in [0.717, 1.165) is 38.5 Å². The maximum Gasteiger partial charge on any atom is 0.303 e. The monoisotopic (exact) mass is 266 g/mol. The lowest BCUT2D eigenvalue weighted by Crippen LogP contribution is -2.51.